The molecular formula is C21H22N3O2+. The number of carbonyl (C=O) groups is 1. The first-order valence-corrected chi connectivity index (χ1v) is 9.11. The van der Waals surface area contributed by atoms with Crippen molar-refractivity contribution in [3.8, 4) is 0 Å². The van der Waals surface area contributed by atoms with Gasteiger partial charge in [0.1, 0.15) is 6.54 Å². The molecule has 2 aromatic carbocycles. The van der Waals surface area contributed by atoms with Crippen LogP contribution in [-0.4, -0.2) is 29.0 Å². The predicted molar refractivity (Wildman–Crippen MR) is 99.7 cm³/mol. The second kappa shape index (κ2) is 7.22. The summed E-state index contributed by atoms with van der Waals surface area (Å²) in [5.41, 5.74) is 1.82. The van der Waals surface area contributed by atoms with Crippen LogP contribution in [0.15, 0.2) is 65.2 Å². The lowest BCUT2D eigenvalue weighted by molar-refractivity contribution is 0.102. The Morgan fingerprint density at radius 2 is 1.58 bits per heavy atom. The van der Waals surface area contributed by atoms with Crippen molar-refractivity contribution in [2.75, 3.05) is 13.1 Å². The van der Waals surface area contributed by atoms with Gasteiger partial charge in [0.05, 0.1) is 13.1 Å². The minimum absolute atomic E-state index is 0.141. The third-order valence-electron chi connectivity index (χ3n) is 5.06. The lowest BCUT2D eigenvalue weighted by Gasteiger charge is -2.36. The Morgan fingerprint density at radius 3 is 2.27 bits per heavy atom. The number of hydrogen-bond donors (Lipinski definition) is 0. The molecule has 3 aromatic rings. The number of nitrogens with zero attached hydrogens (tertiary/aromatic N) is 3. The fourth-order valence-corrected chi connectivity index (χ4v) is 3.69. The number of likely N-dealkylation sites (tertiary alicyclic amines) is 1. The fraction of sp³-hybridized carbons (Fsp3) is 0.286. The first kappa shape index (κ1) is 16.7. The van der Waals surface area contributed by atoms with Crippen LogP contribution < -0.4 is 4.48 Å². The van der Waals surface area contributed by atoms with Gasteiger partial charge in [-0.05, 0) is 24.4 Å². The van der Waals surface area contributed by atoms with Gasteiger partial charge in [-0.3, -0.25) is 9.32 Å². The molecule has 1 aromatic heterocycles. The first-order valence-electron chi connectivity index (χ1n) is 9.11. The summed E-state index contributed by atoms with van der Waals surface area (Å²) in [5.74, 6) is -0.0576. The summed E-state index contributed by atoms with van der Waals surface area (Å²) in [6, 6.07) is 20.0. The van der Waals surface area contributed by atoms with E-state index in [1.807, 2.05) is 36.4 Å². The van der Waals surface area contributed by atoms with E-state index in [1.165, 1.54) is 12.0 Å². The average molecular weight is 348 g/mol. The first-order chi connectivity index (χ1) is 12.8. The Hall–Kier alpha value is -2.79. The molecule has 0 spiro atoms. The van der Waals surface area contributed by atoms with Crippen LogP contribution >= 0.6 is 0 Å². The molecule has 0 atom stereocenters. The summed E-state index contributed by atoms with van der Waals surface area (Å²) in [7, 11) is 0. The molecule has 0 aliphatic carbocycles. The average Bonchev–Trinajstić information content (AvgIpc) is 3.21. The minimum atomic E-state index is -0.199. The van der Waals surface area contributed by atoms with Crippen LogP contribution in [0.2, 0.25) is 0 Å². The maximum absolute atomic E-state index is 12.6. The molecule has 1 aliphatic heterocycles. The standard InChI is InChI=1S/C21H22N3O2/c25-19(18-12-6-2-7-13-18)20-22-21(26-23-20)24(14-8-3-9-15-24)16-17-10-4-1-5-11-17/h1-2,4-7,10-13H,3,8-9,14-16H2/q+1. The summed E-state index contributed by atoms with van der Waals surface area (Å²) >= 11 is 0. The summed E-state index contributed by atoms with van der Waals surface area (Å²) in [5, 5.41) is 4.00. The normalized spacial score (nSPS) is 16.3. The van der Waals surface area contributed by atoms with Crippen molar-refractivity contribution in [3.05, 3.63) is 77.6 Å². The smallest absolute Gasteiger partial charge is 0.285 e. The maximum Gasteiger partial charge on any atom is 0.428 e. The molecule has 0 saturated carbocycles. The van der Waals surface area contributed by atoms with Crippen molar-refractivity contribution in [1.82, 2.24) is 14.6 Å². The van der Waals surface area contributed by atoms with E-state index in [0.29, 0.717) is 16.1 Å². The molecule has 0 unspecified atom stereocenters. The van der Waals surface area contributed by atoms with Crippen LogP contribution in [0.4, 0.5) is 6.01 Å². The topological polar surface area (TPSA) is 56.0 Å². The zero-order valence-electron chi connectivity index (χ0n) is 14.7. The Balaban J connectivity index is 1.65. The van der Waals surface area contributed by atoms with Gasteiger partial charge in [0.2, 0.25) is 11.6 Å². The SMILES string of the molecule is O=C(c1ccccc1)c1noc([N+]2(Cc3ccccc3)CCCCC2)n1. The van der Waals surface area contributed by atoms with Gasteiger partial charge in [-0.1, -0.05) is 60.7 Å². The molecule has 2 heterocycles. The van der Waals surface area contributed by atoms with E-state index in [2.05, 4.69) is 22.3 Å². The second-order valence-electron chi connectivity index (χ2n) is 6.89. The Labute approximate surface area is 152 Å². The van der Waals surface area contributed by atoms with Gasteiger partial charge in [-0.2, -0.15) is 0 Å². The van der Waals surface area contributed by atoms with Crippen molar-refractivity contribution in [3.63, 3.8) is 0 Å². The molecule has 0 amide bonds. The zero-order chi connectivity index (χ0) is 17.8. The molecular weight excluding hydrogens is 326 g/mol. The molecule has 1 aliphatic rings. The van der Waals surface area contributed by atoms with Crippen LogP contribution in [0.5, 0.6) is 0 Å². The van der Waals surface area contributed by atoms with Gasteiger partial charge in [-0.15, -0.1) is 4.98 Å². The number of aromatic nitrogens is 2. The maximum atomic E-state index is 12.6. The molecule has 0 bridgehead atoms. The molecule has 4 rings (SSSR count). The molecule has 132 valence electrons. The molecule has 5 heteroatoms. The summed E-state index contributed by atoms with van der Waals surface area (Å²) in [6.07, 6.45) is 3.47. The zero-order valence-corrected chi connectivity index (χ0v) is 14.7. The van der Waals surface area contributed by atoms with Crippen LogP contribution in [0.25, 0.3) is 0 Å². The lowest BCUT2D eigenvalue weighted by atomic mass is 10.1. The van der Waals surface area contributed by atoms with Crippen molar-refractivity contribution < 1.29 is 9.32 Å². The second-order valence-corrected chi connectivity index (χ2v) is 6.89. The molecule has 0 radical (unpaired) electrons. The van der Waals surface area contributed by atoms with E-state index < -0.39 is 0 Å². The number of hydrogen-bond acceptors (Lipinski definition) is 4. The number of quaternary nitrogens is 1. The number of carbonyl (C=O) groups excluding carboxylic acids is 1. The van der Waals surface area contributed by atoms with Crippen LogP contribution in [0.3, 0.4) is 0 Å². The van der Waals surface area contributed by atoms with Gasteiger partial charge in [0.15, 0.2) is 0 Å². The minimum Gasteiger partial charge on any atom is -0.285 e. The van der Waals surface area contributed by atoms with E-state index in [9.17, 15) is 4.79 Å². The van der Waals surface area contributed by atoms with Crippen molar-refractivity contribution in [1.29, 1.82) is 0 Å². The highest BCUT2D eigenvalue weighted by Gasteiger charge is 2.39. The molecule has 1 saturated heterocycles. The summed E-state index contributed by atoms with van der Waals surface area (Å²) in [4.78, 5) is 17.1. The van der Waals surface area contributed by atoms with Crippen molar-refractivity contribution in [2.24, 2.45) is 0 Å². The number of piperidine rings is 1. The van der Waals surface area contributed by atoms with Gasteiger partial charge >= 0.3 is 6.01 Å². The molecule has 0 N–H and O–H groups in total. The largest absolute Gasteiger partial charge is 0.428 e. The highest BCUT2D eigenvalue weighted by Crippen LogP contribution is 2.30. The van der Waals surface area contributed by atoms with Gasteiger partial charge < -0.3 is 0 Å². The number of ketones is 1. The van der Waals surface area contributed by atoms with E-state index in [4.69, 9.17) is 4.52 Å². The van der Waals surface area contributed by atoms with Crippen LogP contribution in [0.1, 0.15) is 41.0 Å². The van der Waals surface area contributed by atoms with Gasteiger partial charge in [-0.25, -0.2) is 4.48 Å². The molecule has 26 heavy (non-hydrogen) atoms. The Bertz CT molecular complexity index is 869. The highest BCUT2D eigenvalue weighted by atomic mass is 16.5. The summed E-state index contributed by atoms with van der Waals surface area (Å²) < 4.78 is 6.24. The van der Waals surface area contributed by atoms with E-state index >= 15 is 0 Å². The quantitative estimate of drug-likeness (QED) is 0.517. The van der Waals surface area contributed by atoms with Gasteiger partial charge in [0, 0.05) is 11.1 Å². The van der Waals surface area contributed by atoms with Gasteiger partial charge in [0.25, 0.3) is 0 Å². The monoisotopic (exact) mass is 348 g/mol. The Kier molecular flexibility index (Phi) is 4.63. The van der Waals surface area contributed by atoms with E-state index in [0.717, 1.165) is 32.5 Å². The van der Waals surface area contributed by atoms with E-state index in [1.54, 1.807) is 12.1 Å². The van der Waals surface area contributed by atoms with Crippen LogP contribution in [-0.2, 0) is 6.54 Å². The predicted octanol–water partition coefficient (Wildman–Crippen LogP) is 3.99. The van der Waals surface area contributed by atoms with Crippen LogP contribution in [0, 0.1) is 0 Å². The third-order valence-corrected chi connectivity index (χ3v) is 5.06. The molecule has 1 fully saturated rings. The fourth-order valence-electron chi connectivity index (χ4n) is 3.69. The number of rotatable bonds is 5. The van der Waals surface area contributed by atoms with E-state index in [-0.39, 0.29) is 11.6 Å². The number of benzene rings is 2. The third kappa shape index (κ3) is 3.30. The highest BCUT2D eigenvalue weighted by molar-refractivity contribution is 6.06. The van der Waals surface area contributed by atoms with Crippen molar-refractivity contribution in [2.45, 2.75) is 25.8 Å². The van der Waals surface area contributed by atoms with Crippen molar-refractivity contribution >= 4 is 11.8 Å². The molecule has 5 nitrogen and oxygen atoms in total. The summed E-state index contributed by atoms with van der Waals surface area (Å²) in [6.45, 7) is 2.72. The lowest BCUT2D eigenvalue weighted by Crippen LogP contribution is -2.52. The Morgan fingerprint density at radius 1 is 0.923 bits per heavy atom.